The van der Waals surface area contributed by atoms with Gasteiger partial charge in [-0.2, -0.15) is 13.2 Å². The van der Waals surface area contributed by atoms with E-state index in [0.717, 1.165) is 11.6 Å². The maximum Gasteiger partial charge on any atom is 0.417 e. The van der Waals surface area contributed by atoms with Crippen LogP contribution in [0, 0.1) is 0 Å². The highest BCUT2D eigenvalue weighted by molar-refractivity contribution is 5.71. The molecule has 2 atom stereocenters. The van der Waals surface area contributed by atoms with Gasteiger partial charge in [0, 0.05) is 29.5 Å². The molecule has 1 aliphatic heterocycles. The van der Waals surface area contributed by atoms with E-state index in [1.54, 1.807) is 26.0 Å². The molecule has 5 rings (SSSR count). The van der Waals surface area contributed by atoms with Gasteiger partial charge in [-0.1, -0.05) is 12.1 Å². The van der Waals surface area contributed by atoms with Crippen molar-refractivity contribution in [2.75, 3.05) is 20.3 Å². The first-order valence-electron chi connectivity index (χ1n) is 13.3. The Kier molecular flexibility index (Phi) is 7.83. The summed E-state index contributed by atoms with van der Waals surface area (Å²) in [4.78, 5) is 20.1. The van der Waals surface area contributed by atoms with Crippen LogP contribution < -0.4 is 14.2 Å². The average Bonchev–Trinajstić information content (AvgIpc) is 3.51. The number of aliphatic hydroxyl groups is 1. The van der Waals surface area contributed by atoms with Gasteiger partial charge in [0.05, 0.1) is 50.3 Å². The van der Waals surface area contributed by atoms with E-state index in [9.17, 15) is 23.1 Å². The van der Waals surface area contributed by atoms with Gasteiger partial charge in [0.1, 0.15) is 17.6 Å². The van der Waals surface area contributed by atoms with Gasteiger partial charge in [0.15, 0.2) is 11.6 Å². The Hall–Kier alpha value is -3.86. The number of hydrogen-bond donors (Lipinski definition) is 1. The lowest BCUT2D eigenvalue weighted by atomic mass is 9.96. The molecular weight excluding hydrogens is 541 g/mol. The number of alkyl halides is 3. The SMILES string of the molecule is COC(=O)CC1COc2cc(OC3CCc4c3ccc(C(F)(F)F)c4-c3ncc(OCCC(C)(C)O)cn3)ccc21. The maximum atomic E-state index is 14.1. The zero-order valence-corrected chi connectivity index (χ0v) is 23.0. The van der Waals surface area contributed by atoms with Gasteiger partial charge in [0.25, 0.3) is 0 Å². The van der Waals surface area contributed by atoms with E-state index in [-0.39, 0.29) is 36.3 Å². The van der Waals surface area contributed by atoms with Crippen LogP contribution in [0.2, 0.25) is 0 Å². The van der Waals surface area contributed by atoms with Gasteiger partial charge < -0.3 is 24.1 Å². The van der Waals surface area contributed by atoms with E-state index in [4.69, 9.17) is 18.9 Å². The smallest absolute Gasteiger partial charge is 0.417 e. The van der Waals surface area contributed by atoms with Gasteiger partial charge >= 0.3 is 12.1 Å². The monoisotopic (exact) mass is 572 g/mol. The van der Waals surface area contributed by atoms with Gasteiger partial charge in [-0.3, -0.25) is 4.79 Å². The molecule has 218 valence electrons. The zero-order valence-electron chi connectivity index (χ0n) is 23.0. The summed E-state index contributed by atoms with van der Waals surface area (Å²) in [6.45, 7) is 3.87. The van der Waals surface area contributed by atoms with E-state index in [0.29, 0.717) is 54.2 Å². The first kappa shape index (κ1) is 28.7. The Morgan fingerprint density at radius 2 is 1.83 bits per heavy atom. The van der Waals surface area contributed by atoms with E-state index < -0.39 is 23.4 Å². The largest absolute Gasteiger partial charge is 0.492 e. The molecule has 1 aliphatic carbocycles. The van der Waals surface area contributed by atoms with Crippen molar-refractivity contribution in [1.82, 2.24) is 9.97 Å². The lowest BCUT2D eigenvalue weighted by molar-refractivity contribution is -0.141. The molecule has 0 saturated carbocycles. The molecule has 2 aliphatic rings. The number of carbonyl (C=O) groups is 1. The molecule has 2 heterocycles. The molecule has 41 heavy (non-hydrogen) atoms. The molecule has 0 fully saturated rings. The molecule has 11 heteroatoms. The highest BCUT2D eigenvalue weighted by Gasteiger charge is 2.39. The van der Waals surface area contributed by atoms with Crippen LogP contribution in [0.4, 0.5) is 13.2 Å². The number of halogens is 3. The number of ether oxygens (including phenoxy) is 4. The molecule has 0 spiro atoms. The van der Waals surface area contributed by atoms with Crippen LogP contribution in [0.15, 0.2) is 42.7 Å². The summed E-state index contributed by atoms with van der Waals surface area (Å²) in [5.41, 5.74) is 0.243. The maximum absolute atomic E-state index is 14.1. The fourth-order valence-corrected chi connectivity index (χ4v) is 5.17. The van der Waals surface area contributed by atoms with Crippen LogP contribution in [0.3, 0.4) is 0 Å². The summed E-state index contributed by atoms with van der Waals surface area (Å²) in [6, 6.07) is 7.88. The lowest BCUT2D eigenvalue weighted by Crippen LogP contribution is -2.21. The minimum atomic E-state index is -4.60. The Morgan fingerprint density at radius 3 is 2.51 bits per heavy atom. The van der Waals surface area contributed by atoms with Crippen molar-refractivity contribution in [1.29, 1.82) is 0 Å². The second-order valence-corrected chi connectivity index (χ2v) is 10.8. The number of hydrogen-bond acceptors (Lipinski definition) is 8. The summed E-state index contributed by atoms with van der Waals surface area (Å²) in [5.74, 6) is 0.951. The summed E-state index contributed by atoms with van der Waals surface area (Å²) in [6.07, 6.45) is -0.988. The molecule has 0 radical (unpaired) electrons. The van der Waals surface area contributed by atoms with Crippen molar-refractivity contribution >= 4 is 5.97 Å². The number of fused-ring (bicyclic) bond motifs is 2. The lowest BCUT2D eigenvalue weighted by Gasteiger charge is -2.19. The van der Waals surface area contributed by atoms with E-state index in [1.165, 1.54) is 25.6 Å². The summed E-state index contributed by atoms with van der Waals surface area (Å²) in [5, 5.41) is 9.84. The third-order valence-corrected chi connectivity index (χ3v) is 7.28. The molecule has 1 aromatic heterocycles. The fraction of sp³-hybridized carbons (Fsp3) is 0.433. The first-order valence-corrected chi connectivity index (χ1v) is 13.3. The Bertz CT molecular complexity index is 1420. The van der Waals surface area contributed by atoms with Crippen molar-refractivity contribution in [2.45, 2.75) is 63.3 Å². The number of esters is 1. The third kappa shape index (κ3) is 6.40. The molecule has 0 amide bonds. The number of aromatic nitrogens is 2. The summed E-state index contributed by atoms with van der Waals surface area (Å²) in [7, 11) is 1.34. The molecule has 8 nitrogen and oxygen atoms in total. The standard InChI is InChI=1S/C30H31F3N2O6/c1-29(2,37)10-11-39-19-14-34-28(35-15-19)27-22-7-9-24(21(22)6-8-23(27)30(31,32)33)41-18-4-5-20-17(12-26(36)38-3)16-40-25(20)13-18/h4-6,8,13-15,17,24,37H,7,9-12,16H2,1-3H3. The van der Waals surface area contributed by atoms with Crippen molar-refractivity contribution in [3.63, 3.8) is 0 Å². The van der Waals surface area contributed by atoms with Crippen LogP contribution in [0.1, 0.15) is 67.4 Å². The summed E-state index contributed by atoms with van der Waals surface area (Å²) < 4.78 is 64.6. The van der Waals surface area contributed by atoms with Crippen molar-refractivity contribution < 1.29 is 42.0 Å². The number of carbonyl (C=O) groups excluding carboxylic acids is 1. The number of nitrogens with zero attached hydrogens (tertiary/aromatic N) is 2. The number of rotatable bonds is 9. The van der Waals surface area contributed by atoms with Crippen molar-refractivity contribution in [3.05, 3.63) is 65.0 Å². The quantitative estimate of drug-likeness (QED) is 0.321. The van der Waals surface area contributed by atoms with Crippen LogP contribution in [0.25, 0.3) is 11.4 Å². The Morgan fingerprint density at radius 1 is 1.10 bits per heavy atom. The van der Waals surface area contributed by atoms with E-state index in [2.05, 4.69) is 9.97 Å². The highest BCUT2D eigenvalue weighted by Crippen LogP contribution is 2.46. The molecule has 1 N–H and O–H groups in total. The van der Waals surface area contributed by atoms with Crippen molar-refractivity contribution in [2.24, 2.45) is 0 Å². The van der Waals surface area contributed by atoms with Crippen LogP contribution in [0.5, 0.6) is 17.2 Å². The van der Waals surface area contributed by atoms with Gasteiger partial charge in [-0.15, -0.1) is 0 Å². The fourth-order valence-electron chi connectivity index (χ4n) is 5.17. The summed E-state index contributed by atoms with van der Waals surface area (Å²) >= 11 is 0. The third-order valence-electron chi connectivity index (χ3n) is 7.28. The number of benzene rings is 2. The minimum absolute atomic E-state index is 0.0489. The Balaban J connectivity index is 1.38. The molecule has 2 aromatic carbocycles. The minimum Gasteiger partial charge on any atom is -0.492 e. The second-order valence-electron chi connectivity index (χ2n) is 10.8. The van der Waals surface area contributed by atoms with Gasteiger partial charge in [-0.05, 0) is 49.9 Å². The van der Waals surface area contributed by atoms with Crippen LogP contribution in [-0.2, 0) is 22.1 Å². The van der Waals surface area contributed by atoms with E-state index >= 15 is 0 Å². The predicted octanol–water partition coefficient (Wildman–Crippen LogP) is 5.81. The van der Waals surface area contributed by atoms with E-state index in [1.807, 2.05) is 6.07 Å². The van der Waals surface area contributed by atoms with Gasteiger partial charge in [0.2, 0.25) is 0 Å². The number of methoxy groups -OCH3 is 1. The zero-order chi connectivity index (χ0) is 29.4. The molecule has 3 aromatic rings. The molecule has 0 saturated heterocycles. The molecular formula is C30H31F3N2O6. The van der Waals surface area contributed by atoms with Crippen molar-refractivity contribution in [3.8, 4) is 28.6 Å². The molecule has 2 unspecified atom stereocenters. The van der Waals surface area contributed by atoms with Crippen LogP contribution in [-0.4, -0.2) is 47.0 Å². The Labute approximate surface area is 235 Å². The van der Waals surface area contributed by atoms with Gasteiger partial charge in [-0.25, -0.2) is 9.97 Å². The topological polar surface area (TPSA) is 100 Å². The normalized spacial score (nSPS) is 17.9. The average molecular weight is 573 g/mol. The highest BCUT2D eigenvalue weighted by atomic mass is 19.4. The predicted molar refractivity (Wildman–Crippen MR) is 142 cm³/mol. The second kappa shape index (κ2) is 11.2. The molecule has 0 bridgehead atoms. The first-order chi connectivity index (χ1) is 19.4. The van der Waals surface area contributed by atoms with Crippen LogP contribution >= 0.6 is 0 Å².